The SMILES string of the molecule is CC(C)(C)c1cccc(C2(C)CC(C)(C)c3ccc(C(C)(C)C)cc32)c1.Oc1ccccc1.Oc1ccccc1. The van der Waals surface area contributed by atoms with E-state index in [0.717, 1.165) is 6.42 Å². The molecule has 212 valence electrons. The van der Waals surface area contributed by atoms with Crippen LogP contribution >= 0.6 is 0 Å². The monoisotopic (exact) mass is 536 g/mol. The summed E-state index contributed by atoms with van der Waals surface area (Å²) in [5.74, 6) is 0.644. The molecule has 4 aromatic rings. The fraction of sp³-hybridized carbons (Fsp3) is 0.368. The van der Waals surface area contributed by atoms with Crippen LogP contribution < -0.4 is 0 Å². The van der Waals surface area contributed by atoms with Gasteiger partial charge in [-0.2, -0.15) is 0 Å². The van der Waals surface area contributed by atoms with Crippen molar-refractivity contribution in [3.8, 4) is 11.5 Å². The lowest BCUT2D eigenvalue weighted by Gasteiger charge is -2.31. The van der Waals surface area contributed by atoms with Crippen LogP contribution in [0.4, 0.5) is 0 Å². The summed E-state index contributed by atoms with van der Waals surface area (Å²) in [4.78, 5) is 0. The van der Waals surface area contributed by atoms with Crippen LogP contribution in [-0.4, -0.2) is 10.2 Å². The molecule has 0 aliphatic heterocycles. The predicted molar refractivity (Wildman–Crippen MR) is 171 cm³/mol. The first-order chi connectivity index (χ1) is 18.5. The van der Waals surface area contributed by atoms with Gasteiger partial charge < -0.3 is 10.2 Å². The lowest BCUT2D eigenvalue weighted by atomic mass is 9.73. The van der Waals surface area contributed by atoms with Crippen molar-refractivity contribution < 1.29 is 10.2 Å². The third kappa shape index (κ3) is 7.56. The minimum Gasteiger partial charge on any atom is -0.508 e. The Kier molecular flexibility index (Phi) is 9.24. The standard InChI is InChI=1S/C26H36.2C6H6O/c1-23(2,3)18-11-10-12-20(15-18)26(9)17-25(7,8)21-14-13-19(16-22(21)26)24(4,5)6;2*7-6-4-2-1-3-5-6/h10-16H,17H2,1-9H3;2*1-5,7H. The highest BCUT2D eigenvalue weighted by Gasteiger charge is 2.46. The lowest BCUT2D eigenvalue weighted by molar-refractivity contribution is 0.424. The van der Waals surface area contributed by atoms with Crippen molar-refractivity contribution in [1.29, 1.82) is 0 Å². The van der Waals surface area contributed by atoms with Crippen molar-refractivity contribution in [2.24, 2.45) is 0 Å². The van der Waals surface area contributed by atoms with E-state index >= 15 is 0 Å². The van der Waals surface area contributed by atoms with Crippen LogP contribution in [0.2, 0.25) is 0 Å². The maximum Gasteiger partial charge on any atom is 0.115 e. The zero-order valence-electron chi connectivity index (χ0n) is 25.9. The highest BCUT2D eigenvalue weighted by atomic mass is 16.3. The van der Waals surface area contributed by atoms with Crippen molar-refractivity contribution in [2.45, 2.75) is 90.4 Å². The summed E-state index contributed by atoms with van der Waals surface area (Å²) >= 11 is 0. The van der Waals surface area contributed by atoms with E-state index in [-0.39, 0.29) is 21.7 Å². The van der Waals surface area contributed by atoms with Crippen molar-refractivity contribution in [3.05, 3.63) is 131 Å². The molecule has 5 rings (SSSR count). The Morgan fingerprint density at radius 3 is 1.43 bits per heavy atom. The quantitative estimate of drug-likeness (QED) is 0.254. The van der Waals surface area contributed by atoms with E-state index in [1.165, 1.54) is 27.8 Å². The molecular weight excluding hydrogens is 488 g/mol. The van der Waals surface area contributed by atoms with E-state index in [1.54, 1.807) is 48.5 Å². The van der Waals surface area contributed by atoms with Crippen LogP contribution in [0.1, 0.15) is 96.6 Å². The van der Waals surface area contributed by atoms with Gasteiger partial charge in [0, 0.05) is 5.41 Å². The van der Waals surface area contributed by atoms with Crippen molar-refractivity contribution in [1.82, 2.24) is 0 Å². The zero-order valence-corrected chi connectivity index (χ0v) is 25.9. The van der Waals surface area contributed by atoms with E-state index in [1.807, 2.05) is 12.1 Å². The van der Waals surface area contributed by atoms with Gasteiger partial charge in [-0.15, -0.1) is 0 Å². The summed E-state index contributed by atoms with van der Waals surface area (Å²) < 4.78 is 0. The Morgan fingerprint density at radius 2 is 1.00 bits per heavy atom. The molecule has 1 aliphatic carbocycles. The number of rotatable bonds is 1. The van der Waals surface area contributed by atoms with Gasteiger partial charge in [-0.3, -0.25) is 0 Å². The number of phenols is 2. The van der Waals surface area contributed by atoms with Crippen molar-refractivity contribution >= 4 is 0 Å². The second-order valence-electron chi connectivity index (χ2n) is 13.9. The fourth-order valence-electron chi connectivity index (χ4n) is 5.57. The van der Waals surface area contributed by atoms with Gasteiger partial charge in [0.2, 0.25) is 0 Å². The molecule has 0 bridgehead atoms. The van der Waals surface area contributed by atoms with Gasteiger partial charge >= 0.3 is 0 Å². The Hall–Kier alpha value is -3.52. The number of hydrogen-bond donors (Lipinski definition) is 2. The van der Waals surface area contributed by atoms with Crippen LogP contribution in [0.25, 0.3) is 0 Å². The minimum absolute atomic E-state index is 0.0708. The third-order valence-corrected chi connectivity index (χ3v) is 7.88. The summed E-state index contributed by atoms with van der Waals surface area (Å²) in [5.41, 5.74) is 8.01. The third-order valence-electron chi connectivity index (χ3n) is 7.88. The average molecular weight is 537 g/mol. The number of benzene rings is 4. The number of phenolic OH excluding ortho intramolecular Hbond substituents is 2. The summed E-state index contributed by atoms with van der Waals surface area (Å²) in [6.07, 6.45) is 1.16. The summed E-state index contributed by atoms with van der Waals surface area (Å²) in [6.45, 7) is 21.1. The molecule has 0 radical (unpaired) electrons. The largest absolute Gasteiger partial charge is 0.508 e. The van der Waals surface area contributed by atoms with Crippen molar-refractivity contribution in [2.75, 3.05) is 0 Å². The minimum atomic E-state index is 0.0708. The van der Waals surface area contributed by atoms with Crippen LogP contribution in [0.3, 0.4) is 0 Å². The summed E-state index contributed by atoms with van der Waals surface area (Å²) in [6, 6.07) is 34.0. The molecule has 1 atom stereocenters. The predicted octanol–water partition coefficient (Wildman–Crippen LogP) is 10.1. The molecule has 0 heterocycles. The van der Waals surface area contributed by atoms with Crippen LogP contribution in [0.5, 0.6) is 11.5 Å². The molecule has 0 spiro atoms. The lowest BCUT2D eigenvalue weighted by Crippen LogP contribution is -2.24. The summed E-state index contributed by atoms with van der Waals surface area (Å²) in [7, 11) is 0. The zero-order chi connectivity index (χ0) is 29.8. The van der Waals surface area contributed by atoms with Gasteiger partial charge in [-0.25, -0.2) is 0 Å². The van der Waals surface area contributed by atoms with Crippen LogP contribution in [0.15, 0.2) is 103 Å². The van der Waals surface area contributed by atoms with E-state index < -0.39 is 0 Å². The second-order valence-corrected chi connectivity index (χ2v) is 13.9. The van der Waals surface area contributed by atoms with Crippen molar-refractivity contribution in [3.63, 3.8) is 0 Å². The number of para-hydroxylation sites is 2. The molecule has 1 aliphatic rings. The number of aromatic hydroxyl groups is 2. The van der Waals surface area contributed by atoms with E-state index in [0.29, 0.717) is 11.5 Å². The first-order valence-corrected chi connectivity index (χ1v) is 14.3. The van der Waals surface area contributed by atoms with E-state index in [2.05, 4.69) is 105 Å². The highest BCUT2D eigenvalue weighted by Crippen LogP contribution is 2.53. The Bertz CT molecular complexity index is 1340. The highest BCUT2D eigenvalue weighted by molar-refractivity contribution is 5.54. The topological polar surface area (TPSA) is 40.5 Å². The Balaban J connectivity index is 0.000000255. The molecule has 0 amide bonds. The maximum absolute atomic E-state index is 8.63. The van der Waals surface area contributed by atoms with Gasteiger partial charge in [-0.1, -0.05) is 141 Å². The Labute approximate surface area is 242 Å². The van der Waals surface area contributed by atoms with Gasteiger partial charge in [0.25, 0.3) is 0 Å². The first kappa shape index (κ1) is 31.0. The van der Waals surface area contributed by atoms with Gasteiger partial charge in [0.1, 0.15) is 11.5 Å². The fourth-order valence-corrected chi connectivity index (χ4v) is 5.57. The smallest absolute Gasteiger partial charge is 0.115 e. The van der Waals surface area contributed by atoms with E-state index in [9.17, 15) is 0 Å². The average Bonchev–Trinajstić information content (AvgIpc) is 3.10. The van der Waals surface area contributed by atoms with Gasteiger partial charge in [0.05, 0.1) is 0 Å². The number of hydrogen-bond acceptors (Lipinski definition) is 2. The summed E-state index contributed by atoms with van der Waals surface area (Å²) in [5, 5.41) is 17.3. The molecule has 2 heteroatoms. The Morgan fingerprint density at radius 1 is 0.525 bits per heavy atom. The van der Waals surface area contributed by atoms with Crippen LogP contribution in [0, 0.1) is 0 Å². The molecule has 4 aromatic carbocycles. The first-order valence-electron chi connectivity index (χ1n) is 14.3. The molecular formula is C38H48O2. The molecule has 1 unspecified atom stereocenters. The van der Waals surface area contributed by atoms with Crippen LogP contribution in [-0.2, 0) is 21.7 Å². The molecule has 0 fully saturated rings. The molecule has 0 saturated carbocycles. The number of fused-ring (bicyclic) bond motifs is 1. The van der Waals surface area contributed by atoms with Gasteiger partial charge in [-0.05, 0) is 74.7 Å². The maximum atomic E-state index is 8.63. The van der Waals surface area contributed by atoms with Gasteiger partial charge in [0.15, 0.2) is 0 Å². The van der Waals surface area contributed by atoms with E-state index in [4.69, 9.17) is 10.2 Å². The molecule has 40 heavy (non-hydrogen) atoms. The molecule has 0 saturated heterocycles. The normalized spacial score (nSPS) is 17.5. The molecule has 0 aromatic heterocycles. The molecule has 2 nitrogen and oxygen atoms in total. The molecule has 2 N–H and O–H groups in total. The second kappa shape index (κ2) is 11.9.